The van der Waals surface area contributed by atoms with E-state index in [0.717, 1.165) is 0 Å². The molecule has 72 valence electrons. The van der Waals surface area contributed by atoms with Gasteiger partial charge in [-0.25, -0.2) is 9.97 Å². The summed E-state index contributed by atoms with van der Waals surface area (Å²) >= 11 is 1.48. The molecule has 0 spiro atoms. The molecule has 1 rings (SSSR count). The summed E-state index contributed by atoms with van der Waals surface area (Å²) < 4.78 is 36.6. The first-order valence-electron chi connectivity index (χ1n) is 3.19. The highest BCUT2D eigenvalue weighted by Crippen LogP contribution is 2.32. The van der Waals surface area contributed by atoms with Gasteiger partial charge >= 0.3 is 6.18 Å². The van der Waals surface area contributed by atoms with Crippen molar-refractivity contribution >= 4 is 28.4 Å². The lowest BCUT2D eigenvalue weighted by atomic mass is 10.3. The van der Waals surface area contributed by atoms with Gasteiger partial charge in [-0.2, -0.15) is 13.2 Å². The molecule has 0 aliphatic heterocycles. The van der Waals surface area contributed by atoms with Gasteiger partial charge in [0.05, 0.1) is 3.57 Å². The minimum atomic E-state index is -4.47. The van der Waals surface area contributed by atoms with Gasteiger partial charge in [0.1, 0.15) is 11.6 Å². The second kappa shape index (κ2) is 3.28. The Kier molecular flexibility index (Phi) is 2.64. The Labute approximate surface area is 85.7 Å². The average molecular weight is 303 g/mol. The number of anilines is 1. The fourth-order valence-electron chi connectivity index (χ4n) is 0.768. The maximum absolute atomic E-state index is 12.3. The molecule has 0 aliphatic carbocycles. The second-order valence-electron chi connectivity index (χ2n) is 2.32. The molecule has 0 aliphatic rings. The lowest BCUT2D eigenvalue weighted by Crippen LogP contribution is -2.14. The van der Waals surface area contributed by atoms with Crippen LogP contribution in [0.4, 0.5) is 19.0 Å². The van der Waals surface area contributed by atoms with Crippen molar-refractivity contribution < 1.29 is 13.2 Å². The maximum Gasteiger partial charge on any atom is 0.434 e. The van der Waals surface area contributed by atoms with Crippen molar-refractivity contribution in [2.45, 2.75) is 13.1 Å². The Morgan fingerprint density at radius 1 is 1.31 bits per heavy atom. The third-order valence-electron chi connectivity index (χ3n) is 1.26. The van der Waals surface area contributed by atoms with Gasteiger partial charge < -0.3 is 5.73 Å². The van der Waals surface area contributed by atoms with Crippen molar-refractivity contribution in [3.05, 3.63) is 15.1 Å². The van der Waals surface area contributed by atoms with Gasteiger partial charge in [0, 0.05) is 0 Å². The molecule has 7 heteroatoms. The topological polar surface area (TPSA) is 51.8 Å². The van der Waals surface area contributed by atoms with E-state index in [2.05, 4.69) is 9.97 Å². The number of nitrogens with two attached hydrogens (primary N) is 1. The molecule has 0 unspecified atom stereocenters. The number of halogens is 4. The molecule has 0 atom stereocenters. The maximum atomic E-state index is 12.3. The van der Waals surface area contributed by atoms with Crippen molar-refractivity contribution in [1.82, 2.24) is 9.97 Å². The average Bonchev–Trinajstić information content (AvgIpc) is 1.94. The first kappa shape index (κ1) is 10.5. The van der Waals surface area contributed by atoms with Gasteiger partial charge in [-0.1, -0.05) is 0 Å². The van der Waals surface area contributed by atoms with Crippen molar-refractivity contribution in [2.75, 3.05) is 5.73 Å². The van der Waals surface area contributed by atoms with E-state index >= 15 is 0 Å². The standard InChI is InChI=1S/C6H5F3IN3/c1-2-12-4(6(7,8)9)3(10)5(11)13-2/h1H3,(H2,11,12,13). The zero-order chi connectivity index (χ0) is 10.2. The summed E-state index contributed by atoms with van der Waals surface area (Å²) in [6.45, 7) is 1.36. The molecule has 0 saturated heterocycles. The predicted molar refractivity (Wildman–Crippen MR) is 48.9 cm³/mol. The molecule has 0 amide bonds. The Bertz CT molecular complexity index is 337. The fraction of sp³-hybridized carbons (Fsp3) is 0.333. The fourth-order valence-corrected chi connectivity index (χ4v) is 1.32. The Morgan fingerprint density at radius 3 is 2.31 bits per heavy atom. The van der Waals surface area contributed by atoms with Crippen LogP contribution in [-0.2, 0) is 6.18 Å². The largest absolute Gasteiger partial charge is 0.434 e. The second-order valence-corrected chi connectivity index (χ2v) is 3.40. The van der Waals surface area contributed by atoms with Crippen molar-refractivity contribution in [3.63, 3.8) is 0 Å². The first-order valence-corrected chi connectivity index (χ1v) is 4.27. The SMILES string of the molecule is Cc1nc(N)c(I)c(C(F)(F)F)n1. The van der Waals surface area contributed by atoms with Crippen LogP contribution in [0.3, 0.4) is 0 Å². The van der Waals surface area contributed by atoms with E-state index in [1.165, 1.54) is 29.5 Å². The van der Waals surface area contributed by atoms with Gasteiger partial charge in [0.15, 0.2) is 5.69 Å². The molecule has 0 aromatic carbocycles. The van der Waals surface area contributed by atoms with Crippen LogP contribution in [0.25, 0.3) is 0 Å². The first-order chi connectivity index (χ1) is 5.82. The summed E-state index contributed by atoms with van der Waals surface area (Å²) in [6, 6.07) is 0. The summed E-state index contributed by atoms with van der Waals surface area (Å²) in [5, 5.41) is 0. The van der Waals surface area contributed by atoms with Crippen molar-refractivity contribution in [1.29, 1.82) is 0 Å². The van der Waals surface area contributed by atoms with Gasteiger partial charge in [-0.3, -0.25) is 0 Å². The molecule has 0 radical (unpaired) electrons. The summed E-state index contributed by atoms with van der Waals surface area (Å²) in [5.74, 6) is -0.120. The third kappa shape index (κ3) is 2.20. The highest BCUT2D eigenvalue weighted by Gasteiger charge is 2.36. The third-order valence-corrected chi connectivity index (χ3v) is 2.32. The molecule has 0 fully saturated rings. The van der Waals surface area contributed by atoms with Gasteiger partial charge in [0.25, 0.3) is 0 Å². The summed E-state index contributed by atoms with van der Waals surface area (Å²) in [4.78, 5) is 6.89. The smallest absolute Gasteiger partial charge is 0.383 e. The predicted octanol–water partition coefficient (Wildman–Crippen LogP) is 1.99. The molecular weight excluding hydrogens is 298 g/mol. The van der Waals surface area contributed by atoms with E-state index < -0.39 is 11.9 Å². The molecule has 0 saturated carbocycles. The summed E-state index contributed by atoms with van der Waals surface area (Å²) in [5.41, 5.74) is 4.29. The van der Waals surface area contributed by atoms with Crippen LogP contribution in [0.2, 0.25) is 0 Å². The quantitative estimate of drug-likeness (QED) is 0.746. The normalized spacial score (nSPS) is 11.8. The molecule has 1 aromatic heterocycles. The van der Waals surface area contributed by atoms with Gasteiger partial charge in [-0.05, 0) is 29.5 Å². The van der Waals surface area contributed by atoms with Crippen LogP contribution >= 0.6 is 22.6 Å². The molecule has 13 heavy (non-hydrogen) atoms. The van der Waals surface area contributed by atoms with Gasteiger partial charge in [0.2, 0.25) is 0 Å². The van der Waals surface area contributed by atoms with Crippen molar-refractivity contribution in [2.24, 2.45) is 0 Å². The van der Waals surface area contributed by atoms with Crippen molar-refractivity contribution in [3.8, 4) is 0 Å². The number of alkyl halides is 3. The molecule has 1 heterocycles. The summed E-state index contributed by atoms with van der Waals surface area (Å²) in [7, 11) is 0. The molecule has 3 nitrogen and oxygen atoms in total. The number of nitrogen functional groups attached to an aromatic ring is 1. The molecule has 0 bridgehead atoms. The van der Waals surface area contributed by atoms with E-state index in [1.54, 1.807) is 0 Å². The Hall–Kier alpha value is -0.600. The number of rotatable bonds is 0. The van der Waals surface area contributed by atoms with Crippen LogP contribution in [0, 0.1) is 10.5 Å². The highest BCUT2D eigenvalue weighted by atomic mass is 127. The number of hydrogen-bond donors (Lipinski definition) is 1. The number of aromatic nitrogens is 2. The van der Waals surface area contributed by atoms with Crippen LogP contribution < -0.4 is 5.73 Å². The zero-order valence-electron chi connectivity index (χ0n) is 6.48. The lowest BCUT2D eigenvalue weighted by molar-refractivity contribution is -0.142. The molecular formula is C6H5F3IN3. The number of hydrogen-bond acceptors (Lipinski definition) is 3. The molecule has 1 aromatic rings. The summed E-state index contributed by atoms with van der Waals surface area (Å²) in [6.07, 6.45) is -4.47. The van der Waals surface area contributed by atoms with E-state index in [-0.39, 0.29) is 15.2 Å². The lowest BCUT2D eigenvalue weighted by Gasteiger charge is -2.09. The molecule has 2 N–H and O–H groups in total. The van der Waals surface area contributed by atoms with Crippen LogP contribution in [0.5, 0.6) is 0 Å². The minimum Gasteiger partial charge on any atom is -0.383 e. The van der Waals surface area contributed by atoms with E-state index in [9.17, 15) is 13.2 Å². The van der Waals surface area contributed by atoms with E-state index in [1.807, 2.05) is 0 Å². The zero-order valence-corrected chi connectivity index (χ0v) is 8.64. The Morgan fingerprint density at radius 2 is 1.85 bits per heavy atom. The van der Waals surface area contributed by atoms with Crippen LogP contribution in [-0.4, -0.2) is 9.97 Å². The van der Waals surface area contributed by atoms with Gasteiger partial charge in [-0.15, -0.1) is 0 Å². The van der Waals surface area contributed by atoms with Crippen LogP contribution in [0.1, 0.15) is 11.5 Å². The van der Waals surface area contributed by atoms with E-state index in [4.69, 9.17) is 5.73 Å². The van der Waals surface area contributed by atoms with E-state index in [0.29, 0.717) is 0 Å². The highest BCUT2D eigenvalue weighted by molar-refractivity contribution is 14.1. The van der Waals surface area contributed by atoms with Crippen LogP contribution in [0.15, 0.2) is 0 Å². The minimum absolute atomic E-state index is 0.0187. The number of aryl methyl sites for hydroxylation is 1. The number of nitrogens with zero attached hydrogens (tertiary/aromatic N) is 2. The Balaban J connectivity index is 3.37. The monoisotopic (exact) mass is 303 g/mol.